The van der Waals surface area contributed by atoms with Gasteiger partial charge in [-0.05, 0) is 97.1 Å². The van der Waals surface area contributed by atoms with Gasteiger partial charge in [0.15, 0.2) is 11.2 Å². The van der Waals surface area contributed by atoms with E-state index in [1.165, 1.54) is 21.8 Å². The molecule has 0 fully saturated rings. The summed E-state index contributed by atoms with van der Waals surface area (Å²) in [5, 5.41) is 4.67. The van der Waals surface area contributed by atoms with Crippen molar-refractivity contribution in [2.75, 3.05) is 0 Å². The van der Waals surface area contributed by atoms with E-state index in [1.54, 1.807) is 0 Å². The summed E-state index contributed by atoms with van der Waals surface area (Å²) in [7, 11) is 0. The van der Waals surface area contributed by atoms with Crippen LogP contribution in [0.25, 0.3) is 100 Å². The lowest BCUT2D eigenvalue weighted by Gasteiger charge is -2.12. The third-order valence-electron chi connectivity index (χ3n) is 9.79. The summed E-state index contributed by atoms with van der Waals surface area (Å²) in [4.78, 5) is 9.60. The third kappa shape index (κ3) is 3.96. The first-order chi connectivity index (χ1) is 24.8. The van der Waals surface area contributed by atoms with Gasteiger partial charge in [-0.1, -0.05) is 60.7 Å². The zero-order chi connectivity index (χ0) is 32.8. The van der Waals surface area contributed by atoms with E-state index in [1.807, 2.05) is 48.5 Å². The Kier molecular flexibility index (Phi) is 5.57. The normalized spacial score (nSPS) is 12.0. The summed E-state index contributed by atoms with van der Waals surface area (Å²) in [5.74, 6) is 1.19. The molecule has 11 aromatic rings. The molecule has 0 aliphatic carbocycles. The van der Waals surface area contributed by atoms with Crippen LogP contribution in [0.1, 0.15) is 0 Å². The third-order valence-corrected chi connectivity index (χ3v) is 9.79. The fraction of sp³-hybridized carbons (Fsp3) is 0. The van der Waals surface area contributed by atoms with Crippen LogP contribution >= 0.6 is 0 Å². The van der Waals surface area contributed by atoms with Crippen molar-refractivity contribution in [3.63, 3.8) is 0 Å². The molecule has 0 spiro atoms. The summed E-state index contributed by atoms with van der Waals surface area (Å²) < 4.78 is 17.1. The maximum absolute atomic E-state index is 6.20. The minimum Gasteiger partial charge on any atom is -0.436 e. The van der Waals surface area contributed by atoms with Crippen LogP contribution in [-0.4, -0.2) is 19.1 Å². The molecule has 6 nitrogen and oxygen atoms in total. The second-order valence-corrected chi connectivity index (χ2v) is 12.7. The van der Waals surface area contributed by atoms with Crippen LogP contribution in [0.15, 0.2) is 167 Å². The van der Waals surface area contributed by atoms with Crippen LogP contribution < -0.4 is 0 Å². The molecule has 0 bridgehead atoms. The first-order valence-electron chi connectivity index (χ1n) is 16.7. The maximum Gasteiger partial charge on any atom is 0.227 e. The van der Waals surface area contributed by atoms with Gasteiger partial charge >= 0.3 is 0 Å². The van der Waals surface area contributed by atoms with Gasteiger partial charge in [0.25, 0.3) is 0 Å². The highest BCUT2D eigenvalue weighted by molar-refractivity contribution is 6.12. The molecular weight excluding hydrogens is 617 g/mol. The Morgan fingerprint density at radius 3 is 1.22 bits per heavy atom. The maximum atomic E-state index is 6.20. The summed E-state index contributed by atoms with van der Waals surface area (Å²) in [6.07, 6.45) is 0. The topological polar surface area (TPSA) is 61.9 Å². The van der Waals surface area contributed by atoms with Crippen LogP contribution in [0.5, 0.6) is 0 Å². The van der Waals surface area contributed by atoms with Crippen LogP contribution in [0.3, 0.4) is 0 Å². The molecule has 50 heavy (non-hydrogen) atoms. The molecule has 0 unspecified atom stereocenters. The monoisotopic (exact) mass is 642 g/mol. The minimum atomic E-state index is 0.597. The van der Waals surface area contributed by atoms with E-state index < -0.39 is 0 Å². The van der Waals surface area contributed by atoms with Crippen molar-refractivity contribution in [2.45, 2.75) is 0 Å². The fourth-order valence-electron chi connectivity index (χ4n) is 7.51. The molecule has 6 heteroatoms. The largest absolute Gasteiger partial charge is 0.436 e. The Morgan fingerprint density at radius 2 is 0.760 bits per heavy atom. The van der Waals surface area contributed by atoms with Crippen molar-refractivity contribution < 1.29 is 8.83 Å². The number of para-hydroxylation sites is 6. The zero-order valence-corrected chi connectivity index (χ0v) is 26.6. The van der Waals surface area contributed by atoms with E-state index in [9.17, 15) is 0 Å². The molecule has 0 aliphatic heterocycles. The van der Waals surface area contributed by atoms with Gasteiger partial charge in [0.1, 0.15) is 11.0 Å². The average Bonchev–Trinajstić information content (AvgIpc) is 3.95. The number of oxazole rings is 2. The first-order valence-corrected chi connectivity index (χ1v) is 16.7. The quantitative estimate of drug-likeness (QED) is 0.192. The average molecular weight is 643 g/mol. The van der Waals surface area contributed by atoms with Crippen molar-refractivity contribution in [3.8, 4) is 34.3 Å². The lowest BCUT2D eigenvalue weighted by atomic mass is 10.1. The van der Waals surface area contributed by atoms with E-state index in [0.29, 0.717) is 11.8 Å². The highest BCUT2D eigenvalue weighted by Crippen LogP contribution is 2.39. The molecule has 4 heterocycles. The Balaban J connectivity index is 1.11. The zero-order valence-electron chi connectivity index (χ0n) is 26.6. The fourth-order valence-corrected chi connectivity index (χ4v) is 7.51. The van der Waals surface area contributed by atoms with E-state index in [-0.39, 0.29) is 0 Å². The van der Waals surface area contributed by atoms with Crippen molar-refractivity contribution in [1.29, 1.82) is 0 Å². The molecule has 0 saturated carbocycles. The minimum absolute atomic E-state index is 0.597. The number of nitrogens with zero attached hydrogens (tertiary/aromatic N) is 4. The van der Waals surface area contributed by atoms with Crippen molar-refractivity contribution in [1.82, 2.24) is 19.1 Å². The van der Waals surface area contributed by atoms with E-state index in [0.717, 1.165) is 66.5 Å². The molecule has 234 valence electrons. The molecule has 0 amide bonds. The second kappa shape index (κ2) is 10.3. The molecular formula is C44H26N4O2. The van der Waals surface area contributed by atoms with Gasteiger partial charge in [0.2, 0.25) is 11.8 Å². The van der Waals surface area contributed by atoms with Crippen LogP contribution in [0.2, 0.25) is 0 Å². The van der Waals surface area contributed by atoms with Gasteiger partial charge in [-0.3, -0.25) is 0 Å². The lowest BCUT2D eigenvalue weighted by molar-refractivity contribution is 0.619. The van der Waals surface area contributed by atoms with Crippen LogP contribution in [0.4, 0.5) is 0 Å². The van der Waals surface area contributed by atoms with Gasteiger partial charge in [-0.25, -0.2) is 9.97 Å². The summed E-state index contributed by atoms with van der Waals surface area (Å²) in [6.45, 7) is 0. The number of aromatic nitrogens is 4. The number of benzene rings is 7. The van der Waals surface area contributed by atoms with Crippen LogP contribution in [0, 0.1) is 0 Å². The molecule has 0 N–H and O–H groups in total. The van der Waals surface area contributed by atoms with Gasteiger partial charge in [-0.2, -0.15) is 0 Å². The first kappa shape index (κ1) is 27.1. The molecule has 4 aromatic heterocycles. The smallest absolute Gasteiger partial charge is 0.227 e. The van der Waals surface area contributed by atoms with Crippen LogP contribution in [-0.2, 0) is 0 Å². The van der Waals surface area contributed by atoms with Crippen molar-refractivity contribution in [3.05, 3.63) is 158 Å². The Morgan fingerprint density at radius 1 is 0.360 bits per heavy atom. The Bertz CT molecular complexity index is 2850. The number of rotatable bonds is 4. The predicted molar refractivity (Wildman–Crippen MR) is 201 cm³/mol. The Labute approximate surface area is 285 Å². The highest BCUT2D eigenvalue weighted by Gasteiger charge is 2.18. The van der Waals surface area contributed by atoms with E-state index in [2.05, 4.69) is 118 Å². The summed E-state index contributed by atoms with van der Waals surface area (Å²) in [6, 6.07) is 54.7. The van der Waals surface area contributed by atoms with E-state index in [4.69, 9.17) is 18.8 Å². The van der Waals surface area contributed by atoms with Gasteiger partial charge in [-0.15, -0.1) is 0 Å². The van der Waals surface area contributed by atoms with Crippen molar-refractivity contribution in [2.24, 2.45) is 0 Å². The highest BCUT2D eigenvalue weighted by atomic mass is 16.4. The van der Waals surface area contributed by atoms with Gasteiger partial charge in [0.05, 0.1) is 22.1 Å². The van der Waals surface area contributed by atoms with Crippen molar-refractivity contribution >= 4 is 65.8 Å². The number of hydrogen-bond donors (Lipinski definition) is 0. The number of fused-ring (bicyclic) bond motifs is 8. The molecule has 7 aromatic carbocycles. The molecule has 0 atom stereocenters. The van der Waals surface area contributed by atoms with Gasteiger partial charge in [0, 0.05) is 44.0 Å². The standard InChI is InChI=1S/C44H26N4O2/c1-5-13-37-31(9-1)32-10-2-6-14-38(32)47(37)29-19-21-30(22-20-29)48-39-23-17-27(43-45-35-11-3-7-15-41(35)49-43)25-33(39)34-26-28(18-24-40(34)48)44-46-36-12-4-8-16-42(36)50-44/h1-26H. The second-order valence-electron chi connectivity index (χ2n) is 12.7. The Hall–Kier alpha value is -6.92. The van der Waals surface area contributed by atoms with Gasteiger partial charge < -0.3 is 18.0 Å². The number of hydrogen-bond acceptors (Lipinski definition) is 4. The molecule has 0 aliphatic rings. The van der Waals surface area contributed by atoms with E-state index >= 15 is 0 Å². The SMILES string of the molecule is c1ccc2oc(-c3ccc4c(c3)c3cc(-c5nc6ccccc6o5)ccc3n4-c3ccc(-n4c5ccccc5c5ccccc54)cc3)nc2c1. The summed E-state index contributed by atoms with van der Waals surface area (Å²) in [5.41, 5.74) is 11.8. The summed E-state index contributed by atoms with van der Waals surface area (Å²) >= 11 is 0. The molecule has 11 rings (SSSR count). The lowest BCUT2D eigenvalue weighted by Crippen LogP contribution is -1.97. The molecule has 0 saturated heterocycles. The predicted octanol–water partition coefficient (Wildman–Crippen LogP) is 11.5. The molecule has 0 radical (unpaired) electrons.